The summed E-state index contributed by atoms with van der Waals surface area (Å²) in [6.45, 7) is 8.54. The summed E-state index contributed by atoms with van der Waals surface area (Å²) in [5.74, 6) is 0. The molecular formula is C23H30N6O4S. The van der Waals surface area contributed by atoms with E-state index in [2.05, 4.69) is 15.7 Å². The minimum Gasteiger partial charge on any atom is -0.444 e. The molecular weight excluding hydrogens is 456 g/mol. The van der Waals surface area contributed by atoms with Crippen molar-refractivity contribution < 1.29 is 17.9 Å². The number of nitrogens with two attached hydrogens (primary N) is 1. The number of carbonyl (C=O) groups excluding carboxylic acids is 1. The summed E-state index contributed by atoms with van der Waals surface area (Å²) in [6, 6.07) is 8.26. The van der Waals surface area contributed by atoms with Crippen molar-refractivity contribution in [1.82, 2.24) is 19.3 Å². The first kappa shape index (κ1) is 23.8. The molecule has 1 aliphatic heterocycles. The van der Waals surface area contributed by atoms with Crippen molar-refractivity contribution in [1.29, 1.82) is 0 Å². The molecule has 1 aliphatic rings. The summed E-state index contributed by atoms with van der Waals surface area (Å²) in [5, 5.41) is 5.39. The third kappa shape index (κ3) is 4.95. The van der Waals surface area contributed by atoms with Crippen LogP contribution in [0.1, 0.15) is 32.8 Å². The lowest BCUT2D eigenvalue weighted by Gasteiger charge is -2.23. The van der Waals surface area contributed by atoms with Crippen LogP contribution in [0.25, 0.3) is 11.0 Å². The molecule has 1 fully saturated rings. The number of nitrogens with zero attached hydrogens (tertiary/aromatic N) is 3. The van der Waals surface area contributed by atoms with Gasteiger partial charge >= 0.3 is 6.09 Å². The van der Waals surface area contributed by atoms with E-state index in [-0.39, 0.29) is 16.6 Å². The molecule has 1 atom stereocenters. The van der Waals surface area contributed by atoms with Gasteiger partial charge in [-0.2, -0.15) is 0 Å². The number of aromatic nitrogens is 2. The summed E-state index contributed by atoms with van der Waals surface area (Å²) in [4.78, 5) is 16.6. The molecule has 3 aromatic rings. The normalized spacial score (nSPS) is 17.1. The number of hydrogen-bond donors (Lipinski definition) is 3. The highest BCUT2D eigenvalue weighted by molar-refractivity contribution is 7.90. The molecule has 0 bridgehead atoms. The van der Waals surface area contributed by atoms with Crippen LogP contribution < -0.4 is 16.5 Å². The number of alkyl carbamates (subject to hydrolysis) is 1. The van der Waals surface area contributed by atoms with Crippen molar-refractivity contribution in [3.05, 3.63) is 48.3 Å². The Labute approximate surface area is 199 Å². The Morgan fingerprint density at radius 1 is 1.21 bits per heavy atom. The lowest BCUT2D eigenvalue weighted by molar-refractivity contribution is 0.0506. The van der Waals surface area contributed by atoms with Gasteiger partial charge in [-0.3, -0.25) is 0 Å². The Balaban J connectivity index is 1.54. The summed E-state index contributed by atoms with van der Waals surface area (Å²) in [6.07, 6.45) is 3.19. The zero-order valence-corrected chi connectivity index (χ0v) is 20.5. The molecule has 4 rings (SSSR count). The number of pyridine rings is 1. The fraction of sp³-hybridized carbons (Fsp3) is 0.391. The molecule has 3 heterocycles. The lowest BCUT2D eigenvalue weighted by atomic mass is 10.2. The molecule has 2 aromatic heterocycles. The molecule has 0 radical (unpaired) electrons. The third-order valence-corrected chi connectivity index (χ3v) is 7.15. The highest BCUT2D eigenvalue weighted by atomic mass is 32.2. The van der Waals surface area contributed by atoms with Gasteiger partial charge in [-0.15, -0.1) is 0 Å². The Bertz CT molecular complexity index is 1310. The molecule has 1 aromatic carbocycles. The SMILES string of the molecule is Cc1ccc(S(=O)(=O)n2ccc3c(NN4CCC(NC(=O)OC(C)(C)C)C4)c(N)cnc32)cc1. The molecule has 0 aliphatic carbocycles. The Kier molecular flexibility index (Phi) is 6.17. The Hall–Kier alpha value is -3.31. The van der Waals surface area contributed by atoms with Gasteiger partial charge in [0.05, 0.1) is 22.5 Å². The minimum atomic E-state index is -3.82. The number of nitrogens with one attached hydrogen (secondary N) is 2. The lowest BCUT2D eigenvalue weighted by Crippen LogP contribution is -2.41. The van der Waals surface area contributed by atoms with E-state index in [0.717, 1.165) is 16.0 Å². The smallest absolute Gasteiger partial charge is 0.407 e. The fourth-order valence-electron chi connectivity index (χ4n) is 3.83. The first-order valence-electron chi connectivity index (χ1n) is 11.0. The summed E-state index contributed by atoms with van der Waals surface area (Å²) in [7, 11) is -3.82. The van der Waals surface area contributed by atoms with Crippen LogP contribution in [0.2, 0.25) is 0 Å². The van der Waals surface area contributed by atoms with E-state index >= 15 is 0 Å². The first-order valence-corrected chi connectivity index (χ1v) is 12.5. The minimum absolute atomic E-state index is 0.0904. The molecule has 11 heteroatoms. The number of benzene rings is 1. The van der Waals surface area contributed by atoms with Crippen LogP contribution in [0.15, 0.2) is 47.6 Å². The van der Waals surface area contributed by atoms with E-state index in [1.54, 1.807) is 30.3 Å². The van der Waals surface area contributed by atoms with Crippen molar-refractivity contribution in [2.45, 2.75) is 50.7 Å². The van der Waals surface area contributed by atoms with Gasteiger partial charge in [0, 0.05) is 30.7 Å². The van der Waals surface area contributed by atoms with Crippen LogP contribution in [0.5, 0.6) is 0 Å². The van der Waals surface area contributed by atoms with Gasteiger partial charge in [-0.05, 0) is 52.3 Å². The second-order valence-electron chi connectivity index (χ2n) is 9.45. The van der Waals surface area contributed by atoms with Gasteiger partial charge in [0.25, 0.3) is 10.0 Å². The van der Waals surface area contributed by atoms with E-state index in [1.807, 2.05) is 32.7 Å². The zero-order valence-electron chi connectivity index (χ0n) is 19.7. The monoisotopic (exact) mass is 486 g/mol. The topological polar surface area (TPSA) is 132 Å². The zero-order chi connectivity index (χ0) is 24.7. The maximum atomic E-state index is 13.2. The largest absolute Gasteiger partial charge is 0.444 e. The number of ether oxygens (including phenoxy) is 1. The van der Waals surface area contributed by atoms with Gasteiger partial charge in [0.2, 0.25) is 0 Å². The van der Waals surface area contributed by atoms with Crippen LogP contribution in [0.3, 0.4) is 0 Å². The maximum absolute atomic E-state index is 13.2. The Morgan fingerprint density at radius 2 is 1.91 bits per heavy atom. The van der Waals surface area contributed by atoms with Crippen molar-refractivity contribution in [2.24, 2.45) is 0 Å². The van der Waals surface area contributed by atoms with Gasteiger partial charge in [-0.25, -0.2) is 27.2 Å². The predicted octanol–water partition coefficient (Wildman–Crippen LogP) is 3.09. The standard InChI is InChI=1S/C23H30N6O4S/c1-15-5-7-17(8-6-15)34(31,32)29-12-10-18-20(19(24)13-25-21(18)29)27-28-11-9-16(14-28)26-22(30)33-23(2,3)4/h5-8,10,12-13,16H,9,11,14,24H2,1-4H3,(H,25,27)(H,26,30). The number of amides is 1. The van der Waals surface area contributed by atoms with Gasteiger partial charge in [0.15, 0.2) is 5.65 Å². The van der Waals surface area contributed by atoms with Gasteiger partial charge < -0.3 is 21.2 Å². The molecule has 10 nitrogen and oxygen atoms in total. The molecule has 34 heavy (non-hydrogen) atoms. The van der Waals surface area contributed by atoms with Gasteiger partial charge in [0.1, 0.15) is 5.60 Å². The molecule has 0 saturated carbocycles. The Morgan fingerprint density at radius 3 is 2.59 bits per heavy atom. The number of hydrazine groups is 1. The van der Waals surface area contributed by atoms with E-state index < -0.39 is 21.7 Å². The number of aryl methyl sites for hydroxylation is 1. The van der Waals surface area contributed by atoms with E-state index in [1.165, 1.54) is 12.4 Å². The van der Waals surface area contributed by atoms with E-state index in [0.29, 0.717) is 29.9 Å². The van der Waals surface area contributed by atoms with Crippen molar-refractivity contribution in [3.8, 4) is 0 Å². The van der Waals surface area contributed by atoms with Crippen molar-refractivity contribution in [3.63, 3.8) is 0 Å². The molecule has 182 valence electrons. The van der Waals surface area contributed by atoms with Crippen molar-refractivity contribution in [2.75, 3.05) is 24.2 Å². The quantitative estimate of drug-likeness (QED) is 0.501. The second-order valence-corrected chi connectivity index (χ2v) is 11.3. The first-order chi connectivity index (χ1) is 15.9. The van der Waals surface area contributed by atoms with Crippen LogP contribution in [0, 0.1) is 6.92 Å². The van der Waals surface area contributed by atoms with E-state index in [9.17, 15) is 13.2 Å². The number of anilines is 2. The highest BCUT2D eigenvalue weighted by Gasteiger charge is 2.28. The average molecular weight is 487 g/mol. The second kappa shape index (κ2) is 8.80. The van der Waals surface area contributed by atoms with Gasteiger partial charge in [-0.1, -0.05) is 17.7 Å². The number of fused-ring (bicyclic) bond motifs is 1. The number of nitrogen functional groups attached to an aromatic ring is 1. The molecule has 1 saturated heterocycles. The number of carbonyl (C=O) groups is 1. The van der Waals surface area contributed by atoms with Crippen LogP contribution in [0.4, 0.5) is 16.2 Å². The predicted molar refractivity (Wildman–Crippen MR) is 131 cm³/mol. The highest BCUT2D eigenvalue weighted by Crippen LogP contribution is 2.31. The number of rotatable bonds is 5. The van der Waals surface area contributed by atoms with Crippen LogP contribution in [-0.4, -0.2) is 53.2 Å². The average Bonchev–Trinajstić information content (AvgIpc) is 3.36. The summed E-state index contributed by atoms with van der Waals surface area (Å²) >= 11 is 0. The molecule has 1 unspecified atom stereocenters. The van der Waals surface area contributed by atoms with Crippen LogP contribution in [-0.2, 0) is 14.8 Å². The van der Waals surface area contributed by atoms with Crippen LogP contribution >= 0.6 is 0 Å². The summed E-state index contributed by atoms with van der Waals surface area (Å²) in [5.41, 5.74) is 11.1. The maximum Gasteiger partial charge on any atom is 0.407 e. The molecule has 1 amide bonds. The molecule has 0 spiro atoms. The third-order valence-electron chi connectivity index (χ3n) is 5.47. The molecule has 4 N–H and O–H groups in total. The summed E-state index contributed by atoms with van der Waals surface area (Å²) < 4.78 is 32.9. The number of hydrogen-bond acceptors (Lipinski definition) is 8. The van der Waals surface area contributed by atoms with E-state index in [4.69, 9.17) is 10.5 Å². The fourth-order valence-corrected chi connectivity index (χ4v) is 5.13. The van der Waals surface area contributed by atoms with Crippen molar-refractivity contribution >= 4 is 38.5 Å².